The number of fused-ring (bicyclic) bond motifs is 1. The zero-order chi connectivity index (χ0) is 16.7. The van der Waals surface area contributed by atoms with Gasteiger partial charge in [-0.3, -0.25) is 4.79 Å². The second-order valence-electron chi connectivity index (χ2n) is 6.42. The fraction of sp³-hybridized carbons (Fsp3) is 0.300. The van der Waals surface area contributed by atoms with E-state index in [2.05, 4.69) is 12.1 Å². The summed E-state index contributed by atoms with van der Waals surface area (Å²) < 4.78 is 11.2. The Hall–Kier alpha value is -2.62. The highest BCUT2D eigenvalue weighted by molar-refractivity contribution is 5.83. The molecule has 1 aliphatic carbocycles. The average molecular weight is 322 g/mol. The van der Waals surface area contributed by atoms with Gasteiger partial charge < -0.3 is 9.47 Å². The summed E-state index contributed by atoms with van der Waals surface area (Å²) in [5, 5.41) is 0. The van der Waals surface area contributed by atoms with E-state index >= 15 is 0 Å². The largest absolute Gasteiger partial charge is 0.450 e. The van der Waals surface area contributed by atoms with Crippen LogP contribution in [-0.2, 0) is 24.7 Å². The number of rotatable bonds is 3. The maximum atomic E-state index is 12.4. The van der Waals surface area contributed by atoms with Crippen molar-refractivity contribution in [1.29, 1.82) is 0 Å². The standard InChI is InChI=1S/C20H18O4/c1-13(21)23-18-17-12-16(14-8-4-2-5-9-14)20(17,24-19(18)22)15-10-6-3-7-11-15/h2-11,16-18H,12H2,1H3/t16-,17-,18-,20-/m1/s1. The Balaban J connectivity index is 1.78. The summed E-state index contributed by atoms with van der Waals surface area (Å²) in [6.07, 6.45) is -0.0644. The molecule has 1 heterocycles. The highest BCUT2D eigenvalue weighted by atomic mass is 16.6. The first-order valence-corrected chi connectivity index (χ1v) is 8.13. The molecule has 0 N–H and O–H groups in total. The molecule has 4 rings (SSSR count). The molecule has 0 unspecified atom stereocenters. The first-order valence-electron chi connectivity index (χ1n) is 8.13. The minimum atomic E-state index is -0.817. The molecular formula is C20H18O4. The summed E-state index contributed by atoms with van der Waals surface area (Å²) in [4.78, 5) is 23.8. The van der Waals surface area contributed by atoms with Gasteiger partial charge in [0, 0.05) is 12.8 Å². The van der Waals surface area contributed by atoms with Crippen molar-refractivity contribution in [1.82, 2.24) is 0 Å². The van der Waals surface area contributed by atoms with E-state index < -0.39 is 23.6 Å². The topological polar surface area (TPSA) is 52.6 Å². The number of hydrogen-bond donors (Lipinski definition) is 0. The van der Waals surface area contributed by atoms with Crippen molar-refractivity contribution in [2.75, 3.05) is 0 Å². The maximum Gasteiger partial charge on any atom is 0.348 e. The molecular weight excluding hydrogens is 304 g/mol. The molecule has 4 heteroatoms. The number of esters is 2. The van der Waals surface area contributed by atoms with Gasteiger partial charge >= 0.3 is 11.9 Å². The van der Waals surface area contributed by atoms with Gasteiger partial charge in [-0.15, -0.1) is 0 Å². The van der Waals surface area contributed by atoms with Crippen LogP contribution in [0.15, 0.2) is 60.7 Å². The molecule has 2 fully saturated rings. The predicted octanol–water partition coefficient (Wildman–Crippen LogP) is 3.17. The highest BCUT2D eigenvalue weighted by Crippen LogP contribution is 2.64. The summed E-state index contributed by atoms with van der Waals surface area (Å²) in [6, 6.07) is 19.8. The lowest BCUT2D eigenvalue weighted by atomic mass is 9.55. The van der Waals surface area contributed by atoms with E-state index in [0.29, 0.717) is 0 Å². The second kappa shape index (κ2) is 5.48. The molecule has 2 aromatic carbocycles. The van der Waals surface area contributed by atoms with E-state index in [0.717, 1.165) is 17.5 Å². The van der Waals surface area contributed by atoms with E-state index in [1.165, 1.54) is 6.92 Å². The van der Waals surface area contributed by atoms with Gasteiger partial charge in [0.1, 0.15) is 0 Å². The SMILES string of the molecule is CC(=O)O[C@H]1C(=O)O[C@]2(c3ccccc3)[C@@H](c3ccccc3)C[C@H]12. The van der Waals surface area contributed by atoms with E-state index in [4.69, 9.17) is 9.47 Å². The Morgan fingerprint density at radius 3 is 2.33 bits per heavy atom. The first kappa shape index (κ1) is 14.9. The molecule has 2 aliphatic rings. The van der Waals surface area contributed by atoms with Gasteiger partial charge in [0.05, 0.1) is 5.92 Å². The lowest BCUT2D eigenvalue weighted by molar-refractivity contribution is -0.164. The fourth-order valence-corrected chi connectivity index (χ4v) is 4.14. The minimum Gasteiger partial charge on any atom is -0.450 e. The van der Waals surface area contributed by atoms with Gasteiger partial charge in [0.15, 0.2) is 5.60 Å². The van der Waals surface area contributed by atoms with Crippen LogP contribution < -0.4 is 0 Å². The molecule has 1 aliphatic heterocycles. The number of benzene rings is 2. The number of carbonyl (C=O) groups is 2. The zero-order valence-electron chi connectivity index (χ0n) is 13.3. The summed E-state index contributed by atoms with van der Waals surface area (Å²) in [6.45, 7) is 1.32. The van der Waals surface area contributed by atoms with E-state index in [1.807, 2.05) is 48.5 Å². The van der Waals surface area contributed by atoms with Gasteiger partial charge in [0.2, 0.25) is 6.10 Å². The minimum absolute atomic E-state index is 0.0654. The molecule has 0 amide bonds. The van der Waals surface area contributed by atoms with Gasteiger partial charge in [0.25, 0.3) is 0 Å². The summed E-state index contributed by atoms with van der Waals surface area (Å²) >= 11 is 0. The Kier molecular flexibility index (Phi) is 3.41. The molecule has 0 aromatic heterocycles. The van der Waals surface area contributed by atoms with Crippen molar-refractivity contribution in [3.63, 3.8) is 0 Å². The molecule has 4 nitrogen and oxygen atoms in total. The van der Waals surface area contributed by atoms with Crippen LogP contribution in [0, 0.1) is 5.92 Å². The van der Waals surface area contributed by atoms with E-state index in [9.17, 15) is 9.59 Å². The van der Waals surface area contributed by atoms with E-state index in [1.54, 1.807) is 0 Å². The van der Waals surface area contributed by atoms with Crippen LogP contribution in [-0.4, -0.2) is 18.0 Å². The third-order valence-corrected chi connectivity index (χ3v) is 5.15. The van der Waals surface area contributed by atoms with Crippen LogP contribution in [0.1, 0.15) is 30.4 Å². The van der Waals surface area contributed by atoms with E-state index in [-0.39, 0.29) is 11.8 Å². The lowest BCUT2D eigenvalue weighted by Crippen LogP contribution is -2.52. The van der Waals surface area contributed by atoms with Crippen molar-refractivity contribution < 1.29 is 19.1 Å². The molecule has 1 saturated carbocycles. The van der Waals surface area contributed by atoms with Gasteiger partial charge in [-0.1, -0.05) is 60.7 Å². The van der Waals surface area contributed by atoms with Crippen LogP contribution in [0.4, 0.5) is 0 Å². The lowest BCUT2D eigenvalue weighted by Gasteiger charge is -2.51. The summed E-state index contributed by atoms with van der Waals surface area (Å²) in [5.41, 5.74) is 1.34. The van der Waals surface area contributed by atoms with Crippen molar-refractivity contribution in [3.8, 4) is 0 Å². The van der Waals surface area contributed by atoms with Gasteiger partial charge in [-0.05, 0) is 17.5 Å². The highest BCUT2D eigenvalue weighted by Gasteiger charge is 2.69. The van der Waals surface area contributed by atoms with Gasteiger partial charge in [-0.25, -0.2) is 4.79 Å². The Labute approximate surface area is 140 Å². The van der Waals surface area contributed by atoms with Crippen LogP contribution in [0.3, 0.4) is 0 Å². The van der Waals surface area contributed by atoms with Crippen molar-refractivity contribution >= 4 is 11.9 Å². The molecule has 0 spiro atoms. The number of carbonyl (C=O) groups excluding carboxylic acids is 2. The molecule has 24 heavy (non-hydrogen) atoms. The van der Waals surface area contributed by atoms with Crippen LogP contribution in [0.2, 0.25) is 0 Å². The van der Waals surface area contributed by atoms with Crippen molar-refractivity contribution in [2.45, 2.75) is 31.0 Å². The predicted molar refractivity (Wildman–Crippen MR) is 87.1 cm³/mol. The Bertz CT molecular complexity index is 771. The fourth-order valence-electron chi connectivity index (χ4n) is 4.14. The van der Waals surface area contributed by atoms with Crippen molar-refractivity contribution in [3.05, 3.63) is 71.8 Å². The Morgan fingerprint density at radius 1 is 1.08 bits per heavy atom. The Morgan fingerprint density at radius 2 is 1.71 bits per heavy atom. The quantitative estimate of drug-likeness (QED) is 0.815. The number of hydrogen-bond acceptors (Lipinski definition) is 4. The van der Waals surface area contributed by atoms with Gasteiger partial charge in [-0.2, -0.15) is 0 Å². The molecule has 0 bridgehead atoms. The monoisotopic (exact) mass is 322 g/mol. The smallest absolute Gasteiger partial charge is 0.348 e. The molecule has 0 radical (unpaired) electrons. The summed E-state index contributed by atoms with van der Waals surface area (Å²) in [7, 11) is 0. The van der Waals surface area contributed by atoms with Crippen LogP contribution in [0.5, 0.6) is 0 Å². The maximum absolute atomic E-state index is 12.4. The van der Waals surface area contributed by atoms with Crippen molar-refractivity contribution in [2.24, 2.45) is 5.92 Å². The third-order valence-electron chi connectivity index (χ3n) is 5.15. The second-order valence-corrected chi connectivity index (χ2v) is 6.42. The average Bonchev–Trinajstić information content (AvgIpc) is 2.78. The molecule has 2 aromatic rings. The molecule has 4 atom stereocenters. The summed E-state index contributed by atoms with van der Waals surface area (Å²) in [5.74, 6) is -0.987. The zero-order valence-corrected chi connectivity index (χ0v) is 13.3. The molecule has 122 valence electrons. The normalized spacial score (nSPS) is 30.9. The van der Waals surface area contributed by atoms with Crippen LogP contribution in [0.25, 0.3) is 0 Å². The van der Waals surface area contributed by atoms with Crippen LogP contribution >= 0.6 is 0 Å². The first-order chi connectivity index (χ1) is 11.6. The number of ether oxygens (including phenoxy) is 2. The third kappa shape index (κ3) is 2.06. The molecule has 1 saturated heterocycles.